The first-order valence-corrected chi connectivity index (χ1v) is 9.40. The highest BCUT2D eigenvalue weighted by Gasteiger charge is 2.41. The molecule has 2 aromatic carbocycles. The molecule has 1 amide bonds. The second kappa shape index (κ2) is 8.99. The number of amides is 1. The average molecular weight is 383 g/mol. The van der Waals surface area contributed by atoms with Crippen molar-refractivity contribution in [2.75, 3.05) is 18.5 Å². The minimum Gasteiger partial charge on any atom is -0.481 e. The van der Waals surface area contributed by atoms with E-state index in [1.165, 1.54) is 0 Å². The van der Waals surface area contributed by atoms with Crippen LogP contribution in [0.4, 0.5) is 5.69 Å². The summed E-state index contributed by atoms with van der Waals surface area (Å²) in [6.45, 7) is 2.87. The van der Waals surface area contributed by atoms with Gasteiger partial charge in [0.05, 0.1) is 12.5 Å². The molecule has 3 rings (SSSR count). The Morgan fingerprint density at radius 3 is 2.54 bits per heavy atom. The fourth-order valence-corrected chi connectivity index (χ4v) is 3.21. The fraction of sp³-hybridized carbons (Fsp3) is 0.364. The molecule has 1 unspecified atom stereocenters. The summed E-state index contributed by atoms with van der Waals surface area (Å²) in [5.41, 5.74) is 1.22. The zero-order valence-corrected chi connectivity index (χ0v) is 15.9. The highest BCUT2D eigenvalue weighted by atomic mass is 16.5. The van der Waals surface area contributed by atoms with Crippen LogP contribution in [0.15, 0.2) is 54.6 Å². The normalized spacial score (nSPS) is 16.9. The summed E-state index contributed by atoms with van der Waals surface area (Å²) in [6.07, 6.45) is 0.938. The molecule has 6 heteroatoms. The second-order valence-corrected chi connectivity index (χ2v) is 7.02. The monoisotopic (exact) mass is 383 g/mol. The number of hydrogen-bond donors (Lipinski definition) is 2. The van der Waals surface area contributed by atoms with E-state index in [2.05, 4.69) is 5.32 Å². The Morgan fingerprint density at radius 1 is 1.14 bits per heavy atom. The van der Waals surface area contributed by atoms with Crippen LogP contribution in [-0.2, 0) is 25.7 Å². The van der Waals surface area contributed by atoms with Gasteiger partial charge < -0.3 is 19.9 Å². The molecule has 1 aliphatic rings. The molecule has 6 nitrogen and oxygen atoms in total. The van der Waals surface area contributed by atoms with Gasteiger partial charge in [0, 0.05) is 31.7 Å². The average Bonchev–Trinajstić information content (AvgIpc) is 2.73. The minimum absolute atomic E-state index is 0.230. The molecular formula is C22H25NO5. The van der Waals surface area contributed by atoms with Gasteiger partial charge in [-0.15, -0.1) is 0 Å². The Balaban J connectivity index is 1.75. The lowest BCUT2D eigenvalue weighted by Crippen LogP contribution is -2.49. The molecular weight excluding hydrogens is 358 g/mol. The zero-order chi connectivity index (χ0) is 20.0. The third-order valence-electron chi connectivity index (χ3n) is 5.09. The van der Waals surface area contributed by atoms with Crippen molar-refractivity contribution < 1.29 is 24.2 Å². The highest BCUT2D eigenvalue weighted by Crippen LogP contribution is 2.29. The van der Waals surface area contributed by atoms with Gasteiger partial charge in [0.1, 0.15) is 0 Å². The van der Waals surface area contributed by atoms with E-state index < -0.39 is 17.5 Å². The molecule has 1 heterocycles. The number of nitrogens with one attached hydrogen (secondary N) is 1. The lowest BCUT2D eigenvalue weighted by molar-refractivity contribution is -0.158. The molecule has 0 aliphatic carbocycles. The molecule has 0 radical (unpaired) electrons. The maximum absolute atomic E-state index is 13.1. The first kappa shape index (κ1) is 20.0. The smallest absolute Gasteiger partial charge is 0.310 e. The summed E-state index contributed by atoms with van der Waals surface area (Å²) in [5, 5.41) is 12.1. The van der Waals surface area contributed by atoms with Crippen LogP contribution in [0.2, 0.25) is 0 Å². The van der Waals surface area contributed by atoms with Crippen LogP contribution in [0.1, 0.15) is 36.8 Å². The van der Waals surface area contributed by atoms with Crippen molar-refractivity contribution in [1.29, 1.82) is 0 Å². The Hall–Kier alpha value is -2.70. The molecule has 0 saturated carbocycles. The van der Waals surface area contributed by atoms with Gasteiger partial charge in [0.2, 0.25) is 0 Å². The molecule has 1 atom stereocenters. The van der Waals surface area contributed by atoms with Crippen LogP contribution < -0.4 is 5.32 Å². The van der Waals surface area contributed by atoms with Crippen molar-refractivity contribution in [3.05, 3.63) is 65.7 Å². The molecule has 0 bridgehead atoms. The van der Waals surface area contributed by atoms with Crippen LogP contribution in [0.5, 0.6) is 0 Å². The molecule has 1 aliphatic heterocycles. The van der Waals surface area contributed by atoms with Crippen LogP contribution in [0.25, 0.3) is 0 Å². The Kier molecular flexibility index (Phi) is 6.44. The summed E-state index contributed by atoms with van der Waals surface area (Å²) in [6, 6.07) is 16.7. The lowest BCUT2D eigenvalue weighted by Gasteiger charge is -2.35. The Bertz CT molecular complexity index is 815. The summed E-state index contributed by atoms with van der Waals surface area (Å²) < 4.78 is 11.5. The number of carbonyl (C=O) groups is 2. The van der Waals surface area contributed by atoms with Gasteiger partial charge in [0.15, 0.2) is 5.60 Å². The third-order valence-corrected chi connectivity index (χ3v) is 5.09. The number of rotatable bonds is 7. The van der Waals surface area contributed by atoms with E-state index in [-0.39, 0.29) is 5.91 Å². The number of carboxylic acid groups (broad SMARTS) is 1. The number of anilines is 1. The largest absolute Gasteiger partial charge is 0.481 e. The van der Waals surface area contributed by atoms with E-state index in [9.17, 15) is 14.7 Å². The van der Waals surface area contributed by atoms with E-state index in [4.69, 9.17) is 9.47 Å². The molecule has 2 N–H and O–H groups in total. The first-order valence-electron chi connectivity index (χ1n) is 9.40. The SMILES string of the molecule is CC(C(=O)O)c1cccc(NC(=O)C2(OCc3ccccc3)CCOCC2)c1. The molecule has 2 aromatic rings. The van der Waals surface area contributed by atoms with Crippen LogP contribution >= 0.6 is 0 Å². The highest BCUT2D eigenvalue weighted by molar-refractivity contribution is 5.97. The predicted molar refractivity (Wildman–Crippen MR) is 105 cm³/mol. The van der Waals surface area contributed by atoms with E-state index >= 15 is 0 Å². The van der Waals surface area contributed by atoms with Crippen molar-refractivity contribution in [3.8, 4) is 0 Å². The maximum atomic E-state index is 13.1. The van der Waals surface area contributed by atoms with E-state index in [0.29, 0.717) is 43.9 Å². The van der Waals surface area contributed by atoms with Crippen LogP contribution in [0, 0.1) is 0 Å². The molecule has 1 fully saturated rings. The standard InChI is InChI=1S/C22H25NO5/c1-16(20(24)25)18-8-5-9-19(14-18)23-21(26)22(10-12-27-13-11-22)28-15-17-6-3-2-4-7-17/h2-9,14,16H,10-13,15H2,1H3,(H,23,26)(H,24,25). The molecule has 0 aromatic heterocycles. The van der Waals surface area contributed by atoms with E-state index in [0.717, 1.165) is 5.56 Å². The Labute approximate surface area is 164 Å². The van der Waals surface area contributed by atoms with Gasteiger partial charge in [0.25, 0.3) is 5.91 Å². The summed E-state index contributed by atoms with van der Waals surface area (Å²) in [5.74, 6) is -1.79. The van der Waals surface area contributed by atoms with Crippen molar-refractivity contribution in [2.45, 2.75) is 37.9 Å². The van der Waals surface area contributed by atoms with Crippen molar-refractivity contribution in [2.24, 2.45) is 0 Å². The fourth-order valence-electron chi connectivity index (χ4n) is 3.21. The second-order valence-electron chi connectivity index (χ2n) is 7.02. The number of carbonyl (C=O) groups excluding carboxylic acids is 1. The zero-order valence-electron chi connectivity index (χ0n) is 15.9. The minimum atomic E-state index is -0.970. The van der Waals surface area contributed by atoms with Crippen molar-refractivity contribution in [3.63, 3.8) is 0 Å². The summed E-state index contributed by atoms with van der Waals surface area (Å²) in [7, 11) is 0. The van der Waals surface area contributed by atoms with Crippen molar-refractivity contribution in [1.82, 2.24) is 0 Å². The number of carboxylic acids is 1. The topological polar surface area (TPSA) is 84.9 Å². The van der Waals surface area contributed by atoms with E-state index in [1.54, 1.807) is 31.2 Å². The first-order chi connectivity index (χ1) is 13.5. The Morgan fingerprint density at radius 2 is 1.86 bits per heavy atom. The van der Waals surface area contributed by atoms with Gasteiger partial charge in [-0.2, -0.15) is 0 Å². The van der Waals surface area contributed by atoms with Gasteiger partial charge in [-0.25, -0.2) is 0 Å². The summed E-state index contributed by atoms with van der Waals surface area (Å²) in [4.78, 5) is 24.3. The van der Waals surface area contributed by atoms with Crippen LogP contribution in [0.3, 0.4) is 0 Å². The van der Waals surface area contributed by atoms with E-state index in [1.807, 2.05) is 30.3 Å². The number of hydrogen-bond acceptors (Lipinski definition) is 4. The lowest BCUT2D eigenvalue weighted by atomic mass is 9.92. The van der Waals surface area contributed by atoms with Crippen molar-refractivity contribution >= 4 is 17.6 Å². The third kappa shape index (κ3) is 4.77. The van der Waals surface area contributed by atoms with Gasteiger partial charge in [-0.3, -0.25) is 9.59 Å². The number of aliphatic carboxylic acids is 1. The summed E-state index contributed by atoms with van der Waals surface area (Å²) >= 11 is 0. The molecule has 148 valence electrons. The molecule has 1 saturated heterocycles. The number of benzene rings is 2. The quantitative estimate of drug-likeness (QED) is 0.763. The predicted octanol–water partition coefficient (Wildman–Crippen LogP) is 3.58. The van der Waals surface area contributed by atoms with Gasteiger partial charge in [-0.05, 0) is 30.2 Å². The van der Waals surface area contributed by atoms with Gasteiger partial charge >= 0.3 is 5.97 Å². The maximum Gasteiger partial charge on any atom is 0.310 e. The molecule has 28 heavy (non-hydrogen) atoms. The molecule has 0 spiro atoms. The van der Waals surface area contributed by atoms with Gasteiger partial charge in [-0.1, -0.05) is 42.5 Å². The van der Waals surface area contributed by atoms with Crippen LogP contribution in [-0.4, -0.2) is 35.8 Å². The number of ether oxygens (including phenoxy) is 2.